The van der Waals surface area contributed by atoms with Crippen molar-refractivity contribution in [2.24, 2.45) is 4.99 Å². The Morgan fingerprint density at radius 3 is 2.51 bits per heavy atom. The van der Waals surface area contributed by atoms with E-state index in [0.29, 0.717) is 21.7 Å². The fraction of sp³-hybridized carbons (Fsp3) is 0.174. The van der Waals surface area contributed by atoms with E-state index in [0.717, 1.165) is 4.57 Å². The van der Waals surface area contributed by atoms with Gasteiger partial charge in [-0.3, -0.25) is 9.79 Å². The van der Waals surface area contributed by atoms with Crippen LogP contribution in [0.25, 0.3) is 11.6 Å². The first-order valence-electron chi connectivity index (χ1n) is 10.3. The number of allylic oxidation sites excluding steroid dienone is 1. The molecule has 1 aliphatic rings. The van der Waals surface area contributed by atoms with Crippen LogP contribution in [-0.4, -0.2) is 56.2 Å². The molecule has 0 radical (unpaired) electrons. The van der Waals surface area contributed by atoms with Gasteiger partial charge in [0.15, 0.2) is 5.82 Å². The zero-order valence-electron chi connectivity index (χ0n) is 17.9. The third-order valence-electron chi connectivity index (χ3n) is 5.42. The lowest BCUT2D eigenvalue weighted by Crippen LogP contribution is -2.45. The Morgan fingerprint density at radius 2 is 1.86 bits per heavy atom. The monoisotopic (exact) mass is 520 g/mol. The van der Waals surface area contributed by atoms with Crippen LogP contribution >= 0.6 is 23.2 Å². The summed E-state index contributed by atoms with van der Waals surface area (Å²) < 4.78 is 15.1. The minimum atomic E-state index is -1.37. The lowest BCUT2D eigenvalue weighted by molar-refractivity contribution is -0.124. The zero-order chi connectivity index (χ0) is 25.3. The Bertz CT molecular complexity index is 1390. The van der Waals surface area contributed by atoms with E-state index in [9.17, 15) is 29.3 Å². The molecule has 1 aromatic heterocycles. The second-order valence-corrected chi connectivity index (χ2v) is 8.52. The Labute approximate surface area is 207 Å². The molecule has 1 aliphatic heterocycles. The number of aliphatic hydroxyl groups is 2. The summed E-state index contributed by atoms with van der Waals surface area (Å²) in [5, 5.41) is 32.4. The largest absolute Gasteiger partial charge is 0.493 e. The molecule has 0 saturated heterocycles. The fourth-order valence-electron chi connectivity index (χ4n) is 3.66. The molecule has 0 fully saturated rings. The van der Waals surface area contributed by atoms with Gasteiger partial charge in [0.05, 0.1) is 24.3 Å². The Balaban J connectivity index is 1.79. The van der Waals surface area contributed by atoms with Gasteiger partial charge in [-0.1, -0.05) is 41.4 Å². The first-order valence-corrected chi connectivity index (χ1v) is 11.1. The number of aliphatic imine (C=N–C) groups is 1. The second-order valence-electron chi connectivity index (χ2n) is 7.68. The third kappa shape index (κ3) is 4.73. The highest BCUT2D eigenvalue weighted by Crippen LogP contribution is 2.38. The average Bonchev–Trinajstić information content (AvgIpc) is 3.37. The molecule has 5 N–H and O–H groups in total. The van der Waals surface area contributed by atoms with Crippen molar-refractivity contribution in [3.63, 3.8) is 0 Å². The van der Waals surface area contributed by atoms with Crippen molar-refractivity contribution in [1.29, 1.82) is 0 Å². The van der Waals surface area contributed by atoms with Crippen molar-refractivity contribution in [2.45, 2.75) is 12.1 Å². The number of aromatic amines is 1. The highest BCUT2D eigenvalue weighted by Gasteiger charge is 2.30. The van der Waals surface area contributed by atoms with E-state index in [-0.39, 0.29) is 16.4 Å². The van der Waals surface area contributed by atoms with E-state index in [1.54, 1.807) is 6.07 Å². The minimum absolute atomic E-state index is 0.0301. The van der Waals surface area contributed by atoms with Crippen LogP contribution in [0, 0.1) is 5.82 Å². The molecule has 0 spiro atoms. The number of carbonyl (C=O) groups is 1. The fourth-order valence-corrected chi connectivity index (χ4v) is 3.94. The van der Waals surface area contributed by atoms with Crippen molar-refractivity contribution < 1.29 is 24.5 Å². The standard InChI is InChI=1S/C23H19Cl2FN4O5/c24-13-3-1-11(2-4-13)20(21(33)28-14(9-31)10-32)30-22(34)17(29-23(30)35)7-12-8-27-19-15(12)5-6-16(25)18(19)26/h1-8,14,20,31-32,34H,9-10H2,(H,28,33)(H,29,35)/b12-7+. The summed E-state index contributed by atoms with van der Waals surface area (Å²) in [7, 11) is 0. The number of rotatable bonds is 7. The molecule has 9 nitrogen and oxygen atoms in total. The van der Waals surface area contributed by atoms with Crippen molar-refractivity contribution in [3.8, 4) is 5.88 Å². The van der Waals surface area contributed by atoms with Gasteiger partial charge in [0.2, 0.25) is 11.8 Å². The lowest BCUT2D eigenvalue weighted by Gasteiger charge is -2.21. The number of imidazole rings is 1. The summed E-state index contributed by atoms with van der Waals surface area (Å²) in [5.74, 6) is -2.03. The van der Waals surface area contributed by atoms with Crippen LogP contribution in [0.1, 0.15) is 22.9 Å². The number of amides is 1. The molecule has 182 valence electrons. The molecule has 2 heterocycles. The van der Waals surface area contributed by atoms with Gasteiger partial charge in [-0.2, -0.15) is 0 Å². The van der Waals surface area contributed by atoms with Crippen LogP contribution < -0.4 is 11.0 Å². The van der Waals surface area contributed by atoms with Gasteiger partial charge >= 0.3 is 5.69 Å². The predicted molar refractivity (Wildman–Crippen MR) is 130 cm³/mol. The van der Waals surface area contributed by atoms with Gasteiger partial charge in [0, 0.05) is 22.4 Å². The van der Waals surface area contributed by atoms with E-state index in [4.69, 9.17) is 23.2 Å². The smallest absolute Gasteiger partial charge is 0.329 e. The molecule has 0 bridgehead atoms. The summed E-state index contributed by atoms with van der Waals surface area (Å²) in [4.78, 5) is 32.5. The molecular formula is C23H19Cl2FN4O5. The van der Waals surface area contributed by atoms with Crippen LogP contribution in [0.2, 0.25) is 10.0 Å². The summed E-state index contributed by atoms with van der Waals surface area (Å²) >= 11 is 11.8. The number of hydrogen-bond donors (Lipinski definition) is 5. The average molecular weight is 521 g/mol. The predicted octanol–water partition coefficient (Wildman–Crippen LogP) is 2.64. The van der Waals surface area contributed by atoms with Crippen molar-refractivity contribution >= 4 is 52.7 Å². The Kier molecular flexibility index (Phi) is 7.08. The number of aromatic nitrogens is 2. The lowest BCUT2D eigenvalue weighted by atomic mass is 10.0. The van der Waals surface area contributed by atoms with Crippen LogP contribution in [-0.2, 0) is 4.79 Å². The Morgan fingerprint density at radius 1 is 1.17 bits per heavy atom. The molecule has 1 unspecified atom stereocenters. The van der Waals surface area contributed by atoms with Crippen molar-refractivity contribution in [1.82, 2.24) is 14.9 Å². The normalized spacial score (nSPS) is 14.5. The van der Waals surface area contributed by atoms with Gasteiger partial charge in [-0.05, 0) is 29.8 Å². The number of nitrogens with zero attached hydrogens (tertiary/aromatic N) is 2. The SMILES string of the molecule is O=C(NC(CO)CO)C(c1ccc(Cl)cc1)n1c(O)c(/C=C2\C=Nc3c2ccc(Cl)c3F)[nH]c1=O. The van der Waals surface area contributed by atoms with Gasteiger partial charge in [0.25, 0.3) is 0 Å². The summed E-state index contributed by atoms with van der Waals surface area (Å²) in [5.41, 5.74) is 0.274. The van der Waals surface area contributed by atoms with Crippen molar-refractivity contribution in [2.75, 3.05) is 13.2 Å². The summed E-state index contributed by atoms with van der Waals surface area (Å²) in [6.45, 7) is -1.08. The number of H-pyrrole nitrogens is 1. The molecule has 35 heavy (non-hydrogen) atoms. The molecule has 0 saturated carbocycles. The maximum atomic E-state index is 14.3. The second kappa shape index (κ2) is 10.0. The maximum absolute atomic E-state index is 14.3. The first kappa shape index (κ1) is 24.7. The minimum Gasteiger partial charge on any atom is -0.493 e. The molecule has 1 amide bonds. The third-order valence-corrected chi connectivity index (χ3v) is 5.97. The van der Waals surface area contributed by atoms with Gasteiger partial charge in [-0.15, -0.1) is 0 Å². The number of aromatic hydroxyl groups is 1. The molecule has 0 aliphatic carbocycles. The van der Waals surface area contributed by atoms with Gasteiger partial charge in [0.1, 0.15) is 17.4 Å². The van der Waals surface area contributed by atoms with E-state index >= 15 is 0 Å². The number of fused-ring (bicyclic) bond motifs is 1. The zero-order valence-corrected chi connectivity index (χ0v) is 19.4. The molecule has 3 aromatic rings. The van der Waals surface area contributed by atoms with Gasteiger partial charge in [-0.25, -0.2) is 13.8 Å². The van der Waals surface area contributed by atoms with Crippen LogP contribution in [0.15, 0.2) is 46.2 Å². The molecule has 2 aromatic carbocycles. The molecule has 12 heteroatoms. The Hall–Kier alpha value is -3.44. The number of halogens is 3. The quantitative estimate of drug-likeness (QED) is 0.325. The van der Waals surface area contributed by atoms with E-state index in [1.807, 2.05) is 0 Å². The summed E-state index contributed by atoms with van der Waals surface area (Å²) in [6, 6.07) is 6.59. The molecular weight excluding hydrogens is 502 g/mol. The number of carbonyl (C=O) groups excluding carboxylic acids is 1. The highest BCUT2D eigenvalue weighted by molar-refractivity contribution is 6.32. The molecule has 4 rings (SSSR count). The number of hydrogen-bond acceptors (Lipinski definition) is 6. The number of nitrogens with one attached hydrogen (secondary N) is 2. The van der Waals surface area contributed by atoms with E-state index < -0.39 is 48.6 Å². The topological polar surface area (TPSA) is 140 Å². The highest BCUT2D eigenvalue weighted by atomic mass is 35.5. The number of benzene rings is 2. The van der Waals surface area contributed by atoms with E-state index in [2.05, 4.69) is 15.3 Å². The summed E-state index contributed by atoms with van der Waals surface area (Å²) in [6.07, 6.45) is 2.74. The first-order chi connectivity index (χ1) is 16.7. The van der Waals surface area contributed by atoms with Crippen LogP contribution in [0.3, 0.4) is 0 Å². The number of aliphatic hydroxyl groups excluding tert-OH is 2. The molecule has 1 atom stereocenters. The van der Waals surface area contributed by atoms with Gasteiger partial charge < -0.3 is 25.6 Å². The van der Waals surface area contributed by atoms with Crippen molar-refractivity contribution in [3.05, 3.63) is 79.6 Å². The maximum Gasteiger partial charge on any atom is 0.329 e. The van der Waals surface area contributed by atoms with Crippen LogP contribution in [0.5, 0.6) is 5.88 Å². The van der Waals surface area contributed by atoms with E-state index in [1.165, 1.54) is 42.6 Å². The van der Waals surface area contributed by atoms with Crippen LogP contribution in [0.4, 0.5) is 10.1 Å².